The van der Waals surface area contributed by atoms with E-state index in [9.17, 15) is 5.11 Å². The van der Waals surface area contributed by atoms with Crippen LogP contribution in [0.2, 0.25) is 0 Å². The molecule has 1 nitrogen and oxygen atoms in total. The van der Waals surface area contributed by atoms with Gasteiger partial charge in [-0.25, -0.2) is 0 Å². The zero-order valence-corrected chi connectivity index (χ0v) is 6.71. The van der Waals surface area contributed by atoms with Gasteiger partial charge in [0.1, 0.15) is 0 Å². The number of benzene rings is 1. The highest BCUT2D eigenvalue weighted by Gasteiger charge is 2.11. The molecule has 11 heavy (non-hydrogen) atoms. The molecule has 0 radical (unpaired) electrons. The SMILES string of the molecule is Cl.OC1C=Cc2ccccc21. The summed E-state index contributed by atoms with van der Waals surface area (Å²) in [6.07, 6.45) is 3.36. The number of fused-ring (bicyclic) bond motifs is 1. The first-order valence-electron chi connectivity index (χ1n) is 3.33. The Kier molecular flexibility index (Phi) is 2.32. The van der Waals surface area contributed by atoms with E-state index in [0.29, 0.717) is 0 Å². The van der Waals surface area contributed by atoms with E-state index in [1.807, 2.05) is 30.3 Å². The summed E-state index contributed by atoms with van der Waals surface area (Å²) >= 11 is 0. The van der Waals surface area contributed by atoms with Gasteiger partial charge in [-0.2, -0.15) is 0 Å². The number of rotatable bonds is 0. The molecular formula is C9H9ClO. The quantitative estimate of drug-likeness (QED) is 0.630. The molecule has 0 aliphatic heterocycles. The molecule has 0 aromatic heterocycles. The van der Waals surface area contributed by atoms with Crippen molar-refractivity contribution in [3.63, 3.8) is 0 Å². The third-order valence-electron chi connectivity index (χ3n) is 1.77. The molecule has 1 aliphatic carbocycles. The van der Waals surface area contributed by atoms with E-state index >= 15 is 0 Å². The van der Waals surface area contributed by atoms with Gasteiger partial charge in [0.05, 0.1) is 6.10 Å². The lowest BCUT2D eigenvalue weighted by Gasteiger charge is -2.00. The third-order valence-corrected chi connectivity index (χ3v) is 1.77. The van der Waals surface area contributed by atoms with E-state index in [0.717, 1.165) is 11.1 Å². The Hall–Kier alpha value is -0.790. The number of aliphatic hydroxyl groups is 1. The van der Waals surface area contributed by atoms with Crippen molar-refractivity contribution in [2.75, 3.05) is 0 Å². The minimum atomic E-state index is -0.379. The summed E-state index contributed by atoms with van der Waals surface area (Å²) in [7, 11) is 0. The molecule has 1 aromatic rings. The second-order valence-electron chi connectivity index (χ2n) is 2.43. The van der Waals surface area contributed by atoms with E-state index in [2.05, 4.69) is 0 Å². The van der Waals surface area contributed by atoms with E-state index in [-0.39, 0.29) is 18.5 Å². The van der Waals surface area contributed by atoms with E-state index in [1.165, 1.54) is 0 Å². The van der Waals surface area contributed by atoms with Crippen LogP contribution < -0.4 is 0 Å². The fraction of sp³-hybridized carbons (Fsp3) is 0.111. The van der Waals surface area contributed by atoms with Crippen LogP contribution in [0.25, 0.3) is 6.08 Å². The fourth-order valence-corrected chi connectivity index (χ4v) is 1.23. The van der Waals surface area contributed by atoms with Crippen molar-refractivity contribution in [3.05, 3.63) is 41.5 Å². The van der Waals surface area contributed by atoms with Crippen LogP contribution >= 0.6 is 12.4 Å². The fourth-order valence-electron chi connectivity index (χ4n) is 1.23. The molecule has 58 valence electrons. The van der Waals surface area contributed by atoms with Crippen LogP contribution in [-0.2, 0) is 0 Å². The predicted molar refractivity (Wildman–Crippen MR) is 47.7 cm³/mol. The summed E-state index contributed by atoms with van der Waals surface area (Å²) in [4.78, 5) is 0. The minimum absolute atomic E-state index is 0. The molecule has 1 aliphatic rings. The Morgan fingerprint density at radius 2 is 1.91 bits per heavy atom. The molecule has 0 heterocycles. The van der Waals surface area contributed by atoms with Crippen LogP contribution in [0.1, 0.15) is 17.2 Å². The van der Waals surface area contributed by atoms with E-state index < -0.39 is 0 Å². The van der Waals surface area contributed by atoms with Crippen LogP contribution in [-0.4, -0.2) is 5.11 Å². The average molecular weight is 169 g/mol. The van der Waals surface area contributed by atoms with Gasteiger partial charge in [0.2, 0.25) is 0 Å². The predicted octanol–water partition coefficient (Wildman–Crippen LogP) is 2.17. The van der Waals surface area contributed by atoms with E-state index in [4.69, 9.17) is 0 Å². The second kappa shape index (κ2) is 3.07. The summed E-state index contributed by atoms with van der Waals surface area (Å²) in [5.41, 5.74) is 2.15. The van der Waals surface area contributed by atoms with Crippen LogP contribution in [0.15, 0.2) is 30.3 Å². The summed E-state index contributed by atoms with van der Waals surface area (Å²) in [6, 6.07) is 7.86. The molecule has 1 aromatic carbocycles. The van der Waals surface area contributed by atoms with Crippen LogP contribution in [0.4, 0.5) is 0 Å². The molecular weight excluding hydrogens is 160 g/mol. The molecule has 1 atom stereocenters. The molecule has 0 fully saturated rings. The summed E-state index contributed by atoms with van der Waals surface area (Å²) in [5.74, 6) is 0. The van der Waals surface area contributed by atoms with Crippen molar-refractivity contribution in [3.8, 4) is 0 Å². The molecule has 0 saturated heterocycles. The van der Waals surface area contributed by atoms with Crippen molar-refractivity contribution in [1.29, 1.82) is 0 Å². The van der Waals surface area contributed by atoms with Crippen LogP contribution in [0.3, 0.4) is 0 Å². The zero-order valence-electron chi connectivity index (χ0n) is 5.90. The first-order valence-corrected chi connectivity index (χ1v) is 3.33. The first kappa shape index (κ1) is 8.31. The lowest BCUT2D eigenvalue weighted by atomic mass is 10.1. The topological polar surface area (TPSA) is 20.2 Å². The molecule has 2 rings (SSSR count). The first-order chi connectivity index (χ1) is 4.88. The van der Waals surface area contributed by atoms with Gasteiger partial charge in [-0.05, 0) is 11.1 Å². The van der Waals surface area contributed by atoms with Gasteiger partial charge in [-0.15, -0.1) is 12.4 Å². The average Bonchev–Trinajstić information content (AvgIpc) is 2.34. The molecule has 0 bridgehead atoms. The molecule has 0 saturated carbocycles. The Morgan fingerprint density at radius 3 is 2.64 bits per heavy atom. The number of hydrogen-bond donors (Lipinski definition) is 1. The lowest BCUT2D eigenvalue weighted by molar-refractivity contribution is 0.232. The normalized spacial score (nSPS) is 19.2. The highest BCUT2D eigenvalue weighted by molar-refractivity contribution is 5.85. The van der Waals surface area contributed by atoms with Crippen LogP contribution in [0.5, 0.6) is 0 Å². The molecule has 1 N–H and O–H groups in total. The van der Waals surface area contributed by atoms with Gasteiger partial charge in [0, 0.05) is 0 Å². The highest BCUT2D eigenvalue weighted by atomic mass is 35.5. The van der Waals surface area contributed by atoms with Gasteiger partial charge in [0.15, 0.2) is 0 Å². The van der Waals surface area contributed by atoms with Gasteiger partial charge in [-0.1, -0.05) is 36.4 Å². The number of aliphatic hydroxyl groups excluding tert-OH is 1. The molecule has 0 spiro atoms. The number of halogens is 1. The summed E-state index contributed by atoms with van der Waals surface area (Å²) < 4.78 is 0. The summed E-state index contributed by atoms with van der Waals surface area (Å²) in [6.45, 7) is 0. The largest absolute Gasteiger partial charge is 0.384 e. The maximum atomic E-state index is 9.29. The molecule has 0 amide bonds. The highest BCUT2D eigenvalue weighted by Crippen LogP contribution is 2.26. The molecule has 1 unspecified atom stereocenters. The van der Waals surface area contributed by atoms with Crippen molar-refractivity contribution < 1.29 is 5.11 Å². The van der Waals surface area contributed by atoms with E-state index in [1.54, 1.807) is 6.08 Å². The van der Waals surface area contributed by atoms with Gasteiger partial charge in [-0.3, -0.25) is 0 Å². The Labute approximate surface area is 71.8 Å². The second-order valence-corrected chi connectivity index (χ2v) is 2.43. The maximum Gasteiger partial charge on any atom is 0.0980 e. The van der Waals surface area contributed by atoms with Crippen molar-refractivity contribution in [2.45, 2.75) is 6.10 Å². The van der Waals surface area contributed by atoms with Gasteiger partial charge >= 0.3 is 0 Å². The Bertz CT molecular complexity index is 281. The third kappa shape index (κ3) is 1.30. The lowest BCUT2D eigenvalue weighted by Crippen LogP contribution is -1.88. The van der Waals surface area contributed by atoms with Gasteiger partial charge in [0.25, 0.3) is 0 Å². The van der Waals surface area contributed by atoms with Crippen LogP contribution in [0, 0.1) is 0 Å². The standard InChI is InChI=1S/C9H8O.ClH/c10-9-6-5-7-3-1-2-4-8(7)9;/h1-6,9-10H;1H. The smallest absolute Gasteiger partial charge is 0.0980 e. The zero-order chi connectivity index (χ0) is 6.97. The van der Waals surface area contributed by atoms with Crippen molar-refractivity contribution in [1.82, 2.24) is 0 Å². The van der Waals surface area contributed by atoms with Crippen molar-refractivity contribution in [2.24, 2.45) is 0 Å². The molecule has 2 heteroatoms. The minimum Gasteiger partial charge on any atom is -0.384 e. The van der Waals surface area contributed by atoms with Crippen molar-refractivity contribution >= 4 is 18.5 Å². The number of hydrogen-bond acceptors (Lipinski definition) is 1. The Balaban J connectivity index is 0.000000605. The monoisotopic (exact) mass is 168 g/mol. The van der Waals surface area contributed by atoms with Gasteiger partial charge < -0.3 is 5.11 Å². The maximum absolute atomic E-state index is 9.29. The summed E-state index contributed by atoms with van der Waals surface area (Å²) in [5, 5.41) is 9.29. The Morgan fingerprint density at radius 1 is 1.18 bits per heavy atom.